The molecule has 2 N–H and O–H groups in total. The van der Waals surface area contributed by atoms with Gasteiger partial charge in [-0.15, -0.1) is 0 Å². The Hall–Kier alpha value is -1.35. The lowest BCUT2D eigenvalue weighted by Crippen LogP contribution is -2.52. The zero-order chi connectivity index (χ0) is 14.8. The van der Waals surface area contributed by atoms with Crippen LogP contribution in [0.15, 0.2) is 30.3 Å². The molecule has 0 aliphatic heterocycles. The van der Waals surface area contributed by atoms with Gasteiger partial charge in [-0.2, -0.15) is 0 Å². The first kappa shape index (κ1) is 15.0. The zero-order valence-electron chi connectivity index (χ0n) is 12.7. The highest BCUT2D eigenvalue weighted by Crippen LogP contribution is 2.37. The van der Waals surface area contributed by atoms with E-state index in [0.29, 0.717) is 18.8 Å². The summed E-state index contributed by atoms with van der Waals surface area (Å²) in [4.78, 5) is 12.2. The fourth-order valence-corrected chi connectivity index (χ4v) is 2.78. The Kier molecular flexibility index (Phi) is 4.19. The van der Waals surface area contributed by atoms with Crippen molar-refractivity contribution in [3.63, 3.8) is 0 Å². The second-order valence-corrected chi connectivity index (χ2v) is 6.84. The maximum atomic E-state index is 12.2. The third-order valence-electron chi connectivity index (χ3n) is 3.95. The van der Waals surface area contributed by atoms with Crippen molar-refractivity contribution < 1.29 is 9.53 Å². The standard InChI is InChI=1S/C17H25NO2/c1-16(2,3)20-15(19)17(18)11-9-14(10-12-17)13-7-5-4-6-8-13/h4-8,14H,9-12,18H2,1-3H3. The molecule has 0 heterocycles. The Morgan fingerprint density at radius 2 is 1.75 bits per heavy atom. The van der Waals surface area contributed by atoms with Gasteiger partial charge in [-0.05, 0) is 57.9 Å². The molecule has 3 heteroatoms. The molecule has 1 aliphatic carbocycles. The van der Waals surface area contributed by atoms with Gasteiger partial charge in [0.05, 0.1) is 0 Å². The second-order valence-electron chi connectivity index (χ2n) is 6.84. The van der Waals surface area contributed by atoms with Crippen LogP contribution in [0.3, 0.4) is 0 Å². The summed E-state index contributed by atoms with van der Waals surface area (Å²) in [7, 11) is 0. The molecule has 0 saturated heterocycles. The first-order valence-corrected chi connectivity index (χ1v) is 7.37. The van der Waals surface area contributed by atoms with Crippen LogP contribution in [0.4, 0.5) is 0 Å². The minimum Gasteiger partial charge on any atom is -0.459 e. The predicted octanol–water partition coefficient (Wildman–Crippen LogP) is 3.38. The van der Waals surface area contributed by atoms with E-state index in [0.717, 1.165) is 12.8 Å². The highest BCUT2D eigenvalue weighted by atomic mass is 16.6. The summed E-state index contributed by atoms with van der Waals surface area (Å²) in [5, 5.41) is 0. The van der Waals surface area contributed by atoms with E-state index in [1.807, 2.05) is 26.8 Å². The number of esters is 1. The van der Waals surface area contributed by atoms with E-state index in [1.165, 1.54) is 5.56 Å². The molecule has 1 aliphatic rings. The van der Waals surface area contributed by atoms with Gasteiger partial charge < -0.3 is 10.5 Å². The normalized spacial score (nSPS) is 27.1. The van der Waals surface area contributed by atoms with Gasteiger partial charge in [-0.3, -0.25) is 4.79 Å². The van der Waals surface area contributed by atoms with Gasteiger partial charge in [-0.1, -0.05) is 30.3 Å². The fourth-order valence-electron chi connectivity index (χ4n) is 2.78. The van der Waals surface area contributed by atoms with Gasteiger partial charge in [0.2, 0.25) is 0 Å². The molecular formula is C17H25NO2. The lowest BCUT2D eigenvalue weighted by molar-refractivity contribution is -0.163. The number of hydrogen-bond acceptors (Lipinski definition) is 3. The number of hydrogen-bond donors (Lipinski definition) is 1. The van der Waals surface area contributed by atoms with Crippen molar-refractivity contribution in [2.24, 2.45) is 5.73 Å². The summed E-state index contributed by atoms with van der Waals surface area (Å²) in [5.74, 6) is 0.256. The van der Waals surface area contributed by atoms with Crippen molar-refractivity contribution in [1.82, 2.24) is 0 Å². The summed E-state index contributed by atoms with van der Waals surface area (Å²) in [6.07, 6.45) is 3.28. The van der Waals surface area contributed by atoms with Crippen molar-refractivity contribution in [3.8, 4) is 0 Å². The summed E-state index contributed by atoms with van der Waals surface area (Å²) in [6, 6.07) is 10.5. The minimum absolute atomic E-state index is 0.253. The number of rotatable bonds is 2. The quantitative estimate of drug-likeness (QED) is 0.842. The van der Waals surface area contributed by atoms with Crippen LogP contribution in [0.2, 0.25) is 0 Å². The predicted molar refractivity (Wildman–Crippen MR) is 80.4 cm³/mol. The minimum atomic E-state index is -0.807. The first-order valence-electron chi connectivity index (χ1n) is 7.37. The molecule has 110 valence electrons. The monoisotopic (exact) mass is 275 g/mol. The Morgan fingerprint density at radius 3 is 2.25 bits per heavy atom. The fraction of sp³-hybridized carbons (Fsp3) is 0.588. The highest BCUT2D eigenvalue weighted by molar-refractivity contribution is 5.81. The average Bonchev–Trinajstić information content (AvgIpc) is 2.38. The topological polar surface area (TPSA) is 52.3 Å². The maximum absolute atomic E-state index is 12.2. The smallest absolute Gasteiger partial charge is 0.326 e. The summed E-state index contributed by atoms with van der Waals surface area (Å²) < 4.78 is 5.46. The van der Waals surface area contributed by atoms with Crippen molar-refractivity contribution in [1.29, 1.82) is 0 Å². The Balaban J connectivity index is 1.98. The highest BCUT2D eigenvalue weighted by Gasteiger charge is 2.41. The molecule has 1 fully saturated rings. The number of ether oxygens (including phenoxy) is 1. The molecular weight excluding hydrogens is 250 g/mol. The third kappa shape index (κ3) is 3.60. The second kappa shape index (κ2) is 5.57. The van der Waals surface area contributed by atoms with E-state index in [-0.39, 0.29) is 5.97 Å². The summed E-state index contributed by atoms with van der Waals surface area (Å²) in [6.45, 7) is 5.64. The van der Waals surface area contributed by atoms with Crippen molar-refractivity contribution in [2.75, 3.05) is 0 Å². The molecule has 0 unspecified atom stereocenters. The van der Waals surface area contributed by atoms with Gasteiger partial charge in [0.15, 0.2) is 0 Å². The van der Waals surface area contributed by atoms with Crippen LogP contribution in [-0.4, -0.2) is 17.1 Å². The average molecular weight is 275 g/mol. The maximum Gasteiger partial charge on any atom is 0.326 e. The van der Waals surface area contributed by atoms with E-state index < -0.39 is 11.1 Å². The molecule has 20 heavy (non-hydrogen) atoms. The van der Waals surface area contributed by atoms with Crippen LogP contribution >= 0.6 is 0 Å². The number of carbonyl (C=O) groups excluding carboxylic acids is 1. The molecule has 0 bridgehead atoms. The van der Waals surface area contributed by atoms with E-state index in [2.05, 4.69) is 24.3 Å². The molecule has 0 radical (unpaired) electrons. The number of benzene rings is 1. The lowest BCUT2D eigenvalue weighted by Gasteiger charge is -2.37. The van der Waals surface area contributed by atoms with Gasteiger partial charge >= 0.3 is 5.97 Å². The molecule has 2 rings (SSSR count). The largest absolute Gasteiger partial charge is 0.459 e. The van der Waals surface area contributed by atoms with Gasteiger partial charge in [-0.25, -0.2) is 0 Å². The van der Waals surface area contributed by atoms with Crippen molar-refractivity contribution >= 4 is 5.97 Å². The van der Waals surface area contributed by atoms with Crippen molar-refractivity contribution in [2.45, 2.75) is 63.5 Å². The molecule has 0 atom stereocenters. The third-order valence-corrected chi connectivity index (χ3v) is 3.95. The lowest BCUT2D eigenvalue weighted by atomic mass is 9.74. The van der Waals surface area contributed by atoms with E-state index in [4.69, 9.17) is 10.5 Å². The number of nitrogens with two attached hydrogens (primary N) is 1. The molecule has 0 aromatic heterocycles. The van der Waals surface area contributed by atoms with Crippen LogP contribution in [0.25, 0.3) is 0 Å². The molecule has 0 amide bonds. The van der Waals surface area contributed by atoms with Gasteiger partial charge in [0, 0.05) is 0 Å². The van der Waals surface area contributed by atoms with Crippen LogP contribution in [-0.2, 0) is 9.53 Å². The molecule has 0 spiro atoms. The van der Waals surface area contributed by atoms with E-state index >= 15 is 0 Å². The zero-order valence-corrected chi connectivity index (χ0v) is 12.7. The van der Waals surface area contributed by atoms with Crippen LogP contribution in [0.5, 0.6) is 0 Å². The van der Waals surface area contributed by atoms with Crippen LogP contribution < -0.4 is 5.73 Å². The van der Waals surface area contributed by atoms with Crippen LogP contribution in [0, 0.1) is 0 Å². The van der Waals surface area contributed by atoms with Gasteiger partial charge in [0.1, 0.15) is 11.1 Å². The Bertz CT molecular complexity index is 454. The summed E-state index contributed by atoms with van der Waals surface area (Å²) >= 11 is 0. The van der Waals surface area contributed by atoms with E-state index in [1.54, 1.807) is 0 Å². The first-order chi connectivity index (χ1) is 9.30. The Labute approximate surface area is 121 Å². The van der Waals surface area contributed by atoms with E-state index in [9.17, 15) is 4.79 Å². The molecule has 1 aromatic rings. The number of carbonyl (C=O) groups is 1. The SMILES string of the molecule is CC(C)(C)OC(=O)C1(N)CCC(c2ccccc2)CC1. The molecule has 1 saturated carbocycles. The van der Waals surface area contributed by atoms with Crippen molar-refractivity contribution in [3.05, 3.63) is 35.9 Å². The molecule has 3 nitrogen and oxygen atoms in total. The Morgan fingerprint density at radius 1 is 1.20 bits per heavy atom. The summed E-state index contributed by atoms with van der Waals surface area (Å²) in [5.41, 5.74) is 6.34. The van der Waals surface area contributed by atoms with Crippen LogP contribution in [0.1, 0.15) is 57.9 Å². The van der Waals surface area contributed by atoms with Gasteiger partial charge in [0.25, 0.3) is 0 Å². The molecule has 1 aromatic carbocycles.